The van der Waals surface area contributed by atoms with Crippen LogP contribution < -0.4 is 11.5 Å². The number of Topliss-reactive ketones (excluding diaryl/α,β-unsaturated/α-hetero) is 1. The number of amides is 2. The van der Waals surface area contributed by atoms with E-state index in [4.69, 9.17) is 11.5 Å². The summed E-state index contributed by atoms with van der Waals surface area (Å²) in [5, 5.41) is 0. The predicted octanol–water partition coefficient (Wildman–Crippen LogP) is 0.998. The Kier molecular flexibility index (Phi) is 4.91. The van der Waals surface area contributed by atoms with Gasteiger partial charge in [0, 0.05) is 0 Å². The lowest BCUT2D eigenvalue weighted by Crippen LogP contribution is -2.52. The summed E-state index contributed by atoms with van der Waals surface area (Å²) in [6.07, 6.45) is 0.0552. The number of benzene rings is 2. The van der Waals surface area contributed by atoms with Gasteiger partial charge in [-0.05, 0) is 24.0 Å². The lowest BCUT2D eigenvalue weighted by molar-refractivity contribution is -0.148. The number of carbonyl (C=O) groups excluding carboxylic acids is 3. The largest absolute Gasteiger partial charge is 0.369 e. The van der Waals surface area contributed by atoms with E-state index in [9.17, 15) is 14.4 Å². The minimum absolute atomic E-state index is 0.0276. The Balaban J connectivity index is 2.48. The molecule has 0 aliphatic carbocycles. The lowest BCUT2D eigenvalue weighted by Gasteiger charge is -2.28. The van der Waals surface area contributed by atoms with E-state index in [2.05, 4.69) is 0 Å². The molecule has 2 aromatic rings. The molecule has 2 aromatic carbocycles. The van der Waals surface area contributed by atoms with Crippen molar-refractivity contribution >= 4 is 17.6 Å². The molecule has 0 atom stereocenters. The molecule has 0 aromatic heterocycles. The highest BCUT2D eigenvalue weighted by atomic mass is 16.2. The summed E-state index contributed by atoms with van der Waals surface area (Å²) in [6.45, 7) is 0. The monoisotopic (exact) mass is 310 g/mol. The van der Waals surface area contributed by atoms with Crippen molar-refractivity contribution < 1.29 is 14.4 Å². The molecule has 2 rings (SSSR count). The summed E-state index contributed by atoms with van der Waals surface area (Å²) < 4.78 is 0. The number of primary amides is 2. The molecule has 118 valence electrons. The van der Waals surface area contributed by atoms with Crippen LogP contribution in [0.1, 0.15) is 11.1 Å². The SMILES string of the molecule is NC(=O)C(=O)C(Cc1ccccc1)(Cc1ccccc1)C(N)=O. The molecule has 0 aliphatic heterocycles. The molecule has 4 N–H and O–H groups in total. The van der Waals surface area contributed by atoms with Crippen molar-refractivity contribution in [1.29, 1.82) is 0 Å². The van der Waals surface area contributed by atoms with E-state index < -0.39 is 23.0 Å². The number of rotatable bonds is 7. The molecule has 0 saturated heterocycles. The van der Waals surface area contributed by atoms with Crippen molar-refractivity contribution in [1.82, 2.24) is 0 Å². The molecule has 0 aliphatic rings. The molecule has 0 bridgehead atoms. The maximum Gasteiger partial charge on any atom is 0.285 e. The number of ketones is 1. The first kappa shape index (κ1) is 16.4. The smallest absolute Gasteiger partial charge is 0.285 e. The van der Waals surface area contributed by atoms with E-state index in [1.807, 2.05) is 12.1 Å². The summed E-state index contributed by atoms with van der Waals surface area (Å²) in [7, 11) is 0. The van der Waals surface area contributed by atoms with Crippen molar-refractivity contribution in [2.45, 2.75) is 12.8 Å². The zero-order chi connectivity index (χ0) is 16.9. The van der Waals surface area contributed by atoms with Crippen LogP contribution in [0.25, 0.3) is 0 Å². The Labute approximate surface area is 134 Å². The van der Waals surface area contributed by atoms with Crippen LogP contribution in [-0.4, -0.2) is 17.6 Å². The Hall–Kier alpha value is -2.95. The second kappa shape index (κ2) is 6.87. The minimum Gasteiger partial charge on any atom is -0.369 e. The maximum absolute atomic E-state index is 12.4. The van der Waals surface area contributed by atoms with Crippen LogP contribution in [0.5, 0.6) is 0 Å². The predicted molar refractivity (Wildman–Crippen MR) is 86.1 cm³/mol. The van der Waals surface area contributed by atoms with Crippen LogP contribution in [0.3, 0.4) is 0 Å². The fraction of sp³-hybridized carbons (Fsp3) is 0.167. The van der Waals surface area contributed by atoms with Gasteiger partial charge in [0.15, 0.2) is 0 Å². The van der Waals surface area contributed by atoms with E-state index in [1.54, 1.807) is 48.5 Å². The highest BCUT2D eigenvalue weighted by Gasteiger charge is 2.46. The molecule has 0 fully saturated rings. The van der Waals surface area contributed by atoms with Crippen molar-refractivity contribution in [3.05, 3.63) is 71.8 Å². The molecular weight excluding hydrogens is 292 g/mol. The van der Waals surface area contributed by atoms with E-state index in [0.717, 1.165) is 11.1 Å². The molecule has 0 spiro atoms. The molecule has 2 amide bonds. The van der Waals surface area contributed by atoms with Gasteiger partial charge in [-0.25, -0.2) is 0 Å². The van der Waals surface area contributed by atoms with E-state index >= 15 is 0 Å². The van der Waals surface area contributed by atoms with Gasteiger partial charge in [-0.2, -0.15) is 0 Å². The highest BCUT2D eigenvalue weighted by Crippen LogP contribution is 2.29. The first-order chi connectivity index (χ1) is 11.0. The minimum atomic E-state index is -1.69. The molecule has 23 heavy (non-hydrogen) atoms. The summed E-state index contributed by atoms with van der Waals surface area (Å²) in [5.41, 5.74) is 10.5. The standard InChI is InChI=1S/C18H18N2O3/c19-16(22)15(21)18(17(20)23,11-13-7-3-1-4-8-13)12-14-9-5-2-6-10-14/h1-10H,11-12H2,(H2,19,22)(H2,20,23). The van der Waals surface area contributed by atoms with Crippen LogP contribution in [0.4, 0.5) is 0 Å². The van der Waals surface area contributed by atoms with Crippen molar-refractivity contribution in [2.24, 2.45) is 16.9 Å². The first-order valence-corrected chi connectivity index (χ1v) is 7.18. The van der Waals surface area contributed by atoms with Gasteiger partial charge in [0.1, 0.15) is 5.41 Å². The van der Waals surface area contributed by atoms with E-state index in [-0.39, 0.29) is 12.8 Å². The molecule has 5 heteroatoms. The van der Waals surface area contributed by atoms with Gasteiger partial charge in [-0.15, -0.1) is 0 Å². The van der Waals surface area contributed by atoms with Gasteiger partial charge in [0.05, 0.1) is 0 Å². The van der Waals surface area contributed by atoms with Crippen molar-refractivity contribution in [3.8, 4) is 0 Å². The Bertz CT molecular complexity index is 670. The average Bonchev–Trinajstić information content (AvgIpc) is 2.55. The van der Waals surface area contributed by atoms with Gasteiger partial charge in [0.2, 0.25) is 11.7 Å². The number of hydrogen-bond acceptors (Lipinski definition) is 3. The third-order valence-electron chi connectivity index (χ3n) is 3.83. The van der Waals surface area contributed by atoms with Gasteiger partial charge in [-0.3, -0.25) is 14.4 Å². The van der Waals surface area contributed by atoms with Gasteiger partial charge in [0.25, 0.3) is 5.91 Å². The van der Waals surface area contributed by atoms with Crippen LogP contribution >= 0.6 is 0 Å². The van der Waals surface area contributed by atoms with Crippen molar-refractivity contribution in [3.63, 3.8) is 0 Å². The number of nitrogens with two attached hydrogens (primary N) is 2. The summed E-state index contributed by atoms with van der Waals surface area (Å²) in [4.78, 5) is 36.1. The second-order valence-electron chi connectivity index (χ2n) is 5.46. The zero-order valence-corrected chi connectivity index (χ0v) is 12.6. The van der Waals surface area contributed by atoms with E-state index in [0.29, 0.717) is 0 Å². The van der Waals surface area contributed by atoms with Gasteiger partial charge < -0.3 is 11.5 Å². The number of carbonyl (C=O) groups is 3. The number of hydrogen-bond donors (Lipinski definition) is 2. The third-order valence-corrected chi connectivity index (χ3v) is 3.83. The molecule has 0 heterocycles. The Morgan fingerprint density at radius 2 is 1.13 bits per heavy atom. The van der Waals surface area contributed by atoms with Crippen molar-refractivity contribution in [2.75, 3.05) is 0 Å². The zero-order valence-electron chi connectivity index (χ0n) is 12.6. The normalized spacial score (nSPS) is 11.0. The molecule has 0 radical (unpaired) electrons. The average molecular weight is 310 g/mol. The summed E-state index contributed by atoms with van der Waals surface area (Å²) >= 11 is 0. The van der Waals surface area contributed by atoms with Crippen LogP contribution in [0.2, 0.25) is 0 Å². The second-order valence-corrected chi connectivity index (χ2v) is 5.46. The summed E-state index contributed by atoms with van der Waals surface area (Å²) in [6, 6.07) is 17.9. The third kappa shape index (κ3) is 3.63. The van der Waals surface area contributed by atoms with Crippen LogP contribution in [0.15, 0.2) is 60.7 Å². The highest BCUT2D eigenvalue weighted by molar-refractivity contribution is 6.41. The molecular formula is C18H18N2O3. The van der Waals surface area contributed by atoms with Gasteiger partial charge >= 0.3 is 0 Å². The topological polar surface area (TPSA) is 103 Å². The first-order valence-electron chi connectivity index (χ1n) is 7.18. The fourth-order valence-electron chi connectivity index (χ4n) is 2.63. The van der Waals surface area contributed by atoms with Crippen LogP contribution in [-0.2, 0) is 27.2 Å². The molecule has 0 unspecified atom stereocenters. The van der Waals surface area contributed by atoms with Gasteiger partial charge in [-0.1, -0.05) is 60.7 Å². The lowest BCUT2D eigenvalue weighted by atomic mass is 9.72. The molecule has 0 saturated carbocycles. The Morgan fingerprint density at radius 3 is 1.43 bits per heavy atom. The Morgan fingerprint density at radius 1 is 0.739 bits per heavy atom. The van der Waals surface area contributed by atoms with Crippen LogP contribution in [0, 0.1) is 5.41 Å². The maximum atomic E-state index is 12.4. The fourth-order valence-corrected chi connectivity index (χ4v) is 2.63. The summed E-state index contributed by atoms with van der Waals surface area (Å²) in [5.74, 6) is -2.97. The molecule has 5 nitrogen and oxygen atoms in total. The van der Waals surface area contributed by atoms with E-state index in [1.165, 1.54) is 0 Å². The quantitative estimate of drug-likeness (QED) is 0.589.